The van der Waals surface area contributed by atoms with Gasteiger partial charge in [0.05, 0.1) is 6.61 Å². The van der Waals surface area contributed by atoms with Crippen LogP contribution in [0.3, 0.4) is 0 Å². The van der Waals surface area contributed by atoms with Gasteiger partial charge in [0.25, 0.3) is 0 Å². The van der Waals surface area contributed by atoms with E-state index in [1.807, 2.05) is 31.3 Å². The summed E-state index contributed by atoms with van der Waals surface area (Å²) < 4.78 is 0. The first-order valence-corrected chi connectivity index (χ1v) is 6.09. The van der Waals surface area contributed by atoms with Gasteiger partial charge in [0.15, 0.2) is 0 Å². The van der Waals surface area contributed by atoms with E-state index < -0.39 is 0 Å². The fourth-order valence-corrected chi connectivity index (χ4v) is 2.42. The van der Waals surface area contributed by atoms with Crippen LogP contribution in [-0.4, -0.2) is 22.5 Å². The first kappa shape index (κ1) is 11.2. The van der Waals surface area contributed by atoms with Crippen molar-refractivity contribution in [3.63, 3.8) is 0 Å². The van der Waals surface area contributed by atoms with Crippen molar-refractivity contribution in [1.29, 1.82) is 0 Å². The largest absolute Gasteiger partial charge is 0.398 e. The number of fused-ring (bicyclic) bond motifs is 1. The normalized spacial score (nSPS) is 10.9. The maximum absolute atomic E-state index is 8.85. The van der Waals surface area contributed by atoms with E-state index in [0.29, 0.717) is 5.75 Å². The van der Waals surface area contributed by atoms with Gasteiger partial charge in [0.1, 0.15) is 0 Å². The molecule has 1 heterocycles. The predicted octanol–water partition coefficient (Wildman–Crippen LogP) is 2.21. The summed E-state index contributed by atoms with van der Waals surface area (Å²) in [5.74, 6) is 0.695. The minimum atomic E-state index is 0.181. The highest BCUT2D eigenvalue weighted by molar-refractivity contribution is 7.99. The van der Waals surface area contributed by atoms with E-state index in [1.165, 1.54) is 0 Å². The zero-order chi connectivity index (χ0) is 11.5. The quantitative estimate of drug-likeness (QED) is 0.631. The van der Waals surface area contributed by atoms with Crippen LogP contribution in [0.15, 0.2) is 29.3 Å². The number of benzene rings is 1. The average molecular weight is 234 g/mol. The molecule has 2 rings (SSSR count). The van der Waals surface area contributed by atoms with Gasteiger partial charge in [-0.15, -0.1) is 11.8 Å². The number of nitrogen functional groups attached to an aromatic ring is 1. The van der Waals surface area contributed by atoms with Gasteiger partial charge in [0.2, 0.25) is 0 Å². The molecule has 3 N–H and O–H groups in total. The van der Waals surface area contributed by atoms with Crippen LogP contribution in [0.5, 0.6) is 0 Å². The van der Waals surface area contributed by atoms with Gasteiger partial charge in [-0.3, -0.25) is 4.98 Å². The number of aliphatic hydroxyl groups excluding tert-OH is 1. The molecule has 0 bridgehead atoms. The van der Waals surface area contributed by atoms with E-state index in [2.05, 4.69) is 4.98 Å². The van der Waals surface area contributed by atoms with Gasteiger partial charge < -0.3 is 10.8 Å². The predicted molar refractivity (Wildman–Crippen MR) is 68.7 cm³/mol. The van der Waals surface area contributed by atoms with Crippen molar-refractivity contribution in [3.05, 3.63) is 30.1 Å². The summed E-state index contributed by atoms with van der Waals surface area (Å²) in [6.45, 7) is 2.14. The second kappa shape index (κ2) is 4.72. The molecule has 0 aliphatic rings. The number of aryl methyl sites for hydroxylation is 1. The summed E-state index contributed by atoms with van der Waals surface area (Å²) >= 11 is 1.63. The van der Waals surface area contributed by atoms with Crippen LogP contribution in [0.2, 0.25) is 0 Å². The number of rotatable bonds is 3. The van der Waals surface area contributed by atoms with E-state index >= 15 is 0 Å². The molecular formula is C12H14N2OS. The van der Waals surface area contributed by atoms with Crippen LogP contribution in [-0.2, 0) is 0 Å². The molecule has 0 fully saturated rings. The van der Waals surface area contributed by atoms with Crippen LogP contribution in [0.4, 0.5) is 5.69 Å². The lowest BCUT2D eigenvalue weighted by Crippen LogP contribution is -1.92. The lowest BCUT2D eigenvalue weighted by atomic mass is 10.1. The molecule has 0 aliphatic heterocycles. The minimum absolute atomic E-state index is 0.181. The number of nitrogens with two attached hydrogens (primary N) is 1. The Morgan fingerprint density at radius 1 is 1.38 bits per heavy atom. The molecule has 2 aromatic rings. The highest BCUT2D eigenvalue weighted by Gasteiger charge is 2.05. The third kappa shape index (κ3) is 2.13. The number of aliphatic hydroxyl groups is 1. The number of anilines is 1. The second-order valence-corrected chi connectivity index (χ2v) is 4.73. The Morgan fingerprint density at radius 3 is 2.94 bits per heavy atom. The van der Waals surface area contributed by atoms with Crippen LogP contribution >= 0.6 is 11.8 Å². The standard InChI is InChI=1S/C12H14N2OS/c1-8-6-9-10(7-14-8)11(13)2-3-12(9)16-5-4-15/h2-3,6-7,15H,4-5,13H2,1H3. The minimum Gasteiger partial charge on any atom is -0.398 e. The first-order chi connectivity index (χ1) is 7.72. The zero-order valence-corrected chi connectivity index (χ0v) is 9.92. The molecule has 1 aromatic carbocycles. The van der Waals surface area contributed by atoms with E-state index in [-0.39, 0.29) is 6.61 Å². The third-order valence-electron chi connectivity index (χ3n) is 2.38. The zero-order valence-electron chi connectivity index (χ0n) is 9.10. The van der Waals surface area contributed by atoms with Crippen LogP contribution in [0, 0.1) is 6.92 Å². The second-order valence-electron chi connectivity index (χ2n) is 3.60. The highest BCUT2D eigenvalue weighted by Crippen LogP contribution is 2.31. The molecule has 0 saturated heterocycles. The Balaban J connectivity index is 2.56. The summed E-state index contributed by atoms with van der Waals surface area (Å²) in [5, 5.41) is 10.9. The van der Waals surface area contributed by atoms with Gasteiger partial charge in [0, 0.05) is 39.0 Å². The van der Waals surface area contributed by atoms with Crippen molar-refractivity contribution >= 4 is 28.2 Å². The maximum Gasteiger partial charge on any atom is 0.0525 e. The Bertz CT molecular complexity index is 514. The molecule has 3 nitrogen and oxygen atoms in total. The number of hydrogen-bond donors (Lipinski definition) is 2. The van der Waals surface area contributed by atoms with Crippen LogP contribution in [0.1, 0.15) is 5.69 Å². The smallest absolute Gasteiger partial charge is 0.0525 e. The molecular weight excluding hydrogens is 220 g/mol. The summed E-state index contributed by atoms with van der Waals surface area (Å²) in [4.78, 5) is 5.39. The third-order valence-corrected chi connectivity index (χ3v) is 3.43. The summed E-state index contributed by atoms with van der Waals surface area (Å²) in [7, 11) is 0. The molecule has 1 aromatic heterocycles. The molecule has 0 spiro atoms. The van der Waals surface area contributed by atoms with E-state index in [9.17, 15) is 0 Å². The van der Waals surface area contributed by atoms with Gasteiger partial charge >= 0.3 is 0 Å². The molecule has 0 saturated carbocycles. The van der Waals surface area contributed by atoms with Crippen molar-refractivity contribution in [3.8, 4) is 0 Å². The lowest BCUT2D eigenvalue weighted by Gasteiger charge is -2.08. The number of pyridine rings is 1. The topological polar surface area (TPSA) is 59.1 Å². The van der Waals surface area contributed by atoms with Crippen molar-refractivity contribution in [2.24, 2.45) is 0 Å². The van der Waals surface area contributed by atoms with E-state index in [0.717, 1.165) is 27.0 Å². The van der Waals surface area contributed by atoms with Crippen LogP contribution in [0.25, 0.3) is 10.8 Å². The Morgan fingerprint density at radius 2 is 2.19 bits per heavy atom. The Kier molecular flexibility index (Phi) is 3.31. The van der Waals surface area contributed by atoms with E-state index in [1.54, 1.807) is 11.8 Å². The lowest BCUT2D eigenvalue weighted by molar-refractivity contribution is 0.322. The fourth-order valence-electron chi connectivity index (χ4n) is 1.62. The molecule has 0 atom stereocenters. The molecule has 0 aliphatic carbocycles. The Labute approximate surface area is 98.7 Å². The van der Waals surface area contributed by atoms with Gasteiger partial charge in [-0.05, 0) is 25.1 Å². The number of hydrogen-bond acceptors (Lipinski definition) is 4. The molecule has 4 heteroatoms. The van der Waals surface area contributed by atoms with Gasteiger partial charge in [-0.2, -0.15) is 0 Å². The monoisotopic (exact) mass is 234 g/mol. The first-order valence-electron chi connectivity index (χ1n) is 5.11. The molecule has 0 amide bonds. The van der Waals surface area contributed by atoms with Crippen LogP contribution < -0.4 is 5.73 Å². The van der Waals surface area contributed by atoms with Gasteiger partial charge in [-0.1, -0.05) is 0 Å². The number of thioether (sulfide) groups is 1. The molecule has 84 valence electrons. The maximum atomic E-state index is 8.85. The van der Waals surface area contributed by atoms with Gasteiger partial charge in [-0.25, -0.2) is 0 Å². The summed E-state index contributed by atoms with van der Waals surface area (Å²) in [6, 6.07) is 5.92. The highest BCUT2D eigenvalue weighted by atomic mass is 32.2. The number of aromatic nitrogens is 1. The van der Waals surface area contributed by atoms with Crippen molar-refractivity contribution in [2.75, 3.05) is 18.1 Å². The van der Waals surface area contributed by atoms with Crippen molar-refractivity contribution in [2.45, 2.75) is 11.8 Å². The summed E-state index contributed by atoms with van der Waals surface area (Å²) in [5.41, 5.74) is 7.63. The summed E-state index contributed by atoms with van der Waals surface area (Å²) in [6.07, 6.45) is 1.81. The van der Waals surface area contributed by atoms with Crippen molar-refractivity contribution < 1.29 is 5.11 Å². The SMILES string of the molecule is Cc1cc2c(SCCO)ccc(N)c2cn1. The molecule has 0 unspecified atom stereocenters. The molecule has 0 radical (unpaired) electrons. The average Bonchev–Trinajstić information content (AvgIpc) is 2.28. The Hall–Kier alpha value is -1.26. The van der Waals surface area contributed by atoms with Crippen molar-refractivity contribution in [1.82, 2.24) is 4.98 Å². The molecule has 16 heavy (non-hydrogen) atoms. The van der Waals surface area contributed by atoms with E-state index in [4.69, 9.17) is 10.8 Å². The fraction of sp³-hybridized carbons (Fsp3) is 0.250. The number of nitrogens with zero attached hydrogens (tertiary/aromatic N) is 1.